The van der Waals surface area contributed by atoms with E-state index in [9.17, 15) is 14.9 Å². The Morgan fingerprint density at radius 1 is 1.29 bits per heavy atom. The third kappa shape index (κ3) is 4.26. The number of carbonyl (C=O) groups is 1. The smallest absolute Gasteiger partial charge is 0.279 e. The maximum Gasteiger partial charge on any atom is 0.279 e. The van der Waals surface area contributed by atoms with Crippen molar-refractivity contribution in [3.05, 3.63) is 62.9 Å². The maximum absolute atomic E-state index is 12.6. The normalized spacial score (nSPS) is 11.7. The second-order valence-electron chi connectivity index (χ2n) is 5.79. The summed E-state index contributed by atoms with van der Waals surface area (Å²) >= 11 is 1.35. The van der Waals surface area contributed by atoms with E-state index in [0.29, 0.717) is 30.3 Å². The summed E-state index contributed by atoms with van der Waals surface area (Å²) in [6.45, 7) is 3.52. The van der Waals surface area contributed by atoms with Crippen molar-refractivity contribution in [3.8, 4) is 5.75 Å². The van der Waals surface area contributed by atoms with Gasteiger partial charge in [-0.3, -0.25) is 14.9 Å². The van der Waals surface area contributed by atoms with E-state index in [-0.39, 0.29) is 11.3 Å². The lowest BCUT2D eigenvalue weighted by atomic mass is 10.2. The molecule has 2 aromatic carbocycles. The molecule has 3 aromatic rings. The van der Waals surface area contributed by atoms with Crippen molar-refractivity contribution < 1.29 is 19.2 Å². The molecule has 9 heteroatoms. The summed E-state index contributed by atoms with van der Waals surface area (Å²) < 4.78 is 13.5. The number of carbonyl (C=O) groups excluding carboxylic acids is 1. The van der Waals surface area contributed by atoms with Crippen molar-refractivity contribution in [1.82, 2.24) is 4.57 Å². The third-order valence-corrected chi connectivity index (χ3v) is 5.10. The summed E-state index contributed by atoms with van der Waals surface area (Å²) in [7, 11) is 1.59. The molecule has 0 atom stereocenters. The molecule has 0 fully saturated rings. The molecule has 0 aliphatic rings. The van der Waals surface area contributed by atoms with Crippen molar-refractivity contribution in [2.45, 2.75) is 13.5 Å². The predicted octanol–water partition coefficient (Wildman–Crippen LogP) is 3.40. The highest BCUT2D eigenvalue weighted by Gasteiger charge is 2.13. The molecule has 1 amide bonds. The number of amides is 1. The van der Waals surface area contributed by atoms with Crippen LogP contribution in [0.2, 0.25) is 0 Å². The first-order valence-electron chi connectivity index (χ1n) is 8.62. The van der Waals surface area contributed by atoms with E-state index in [0.717, 1.165) is 10.2 Å². The standard InChI is InChI=1S/C19H19N3O5S/c1-3-27-10-9-21-16-8-7-15(26-2)12-17(16)28-19(21)20-18(23)13-5-4-6-14(11-13)22(24)25/h4-8,11-12H,3,9-10H2,1-2H3. The average molecular weight is 401 g/mol. The summed E-state index contributed by atoms with van der Waals surface area (Å²) in [6, 6.07) is 11.2. The van der Waals surface area contributed by atoms with Gasteiger partial charge in [0.2, 0.25) is 0 Å². The van der Waals surface area contributed by atoms with Gasteiger partial charge in [-0.2, -0.15) is 4.99 Å². The Bertz CT molecular complexity index is 1090. The lowest BCUT2D eigenvalue weighted by Crippen LogP contribution is -2.19. The van der Waals surface area contributed by atoms with Gasteiger partial charge in [0.05, 0.1) is 28.9 Å². The van der Waals surface area contributed by atoms with Crippen LogP contribution in [-0.4, -0.2) is 35.7 Å². The van der Waals surface area contributed by atoms with Crippen molar-refractivity contribution >= 4 is 33.1 Å². The van der Waals surface area contributed by atoms with Gasteiger partial charge in [0, 0.05) is 30.8 Å². The van der Waals surface area contributed by atoms with Crippen molar-refractivity contribution in [1.29, 1.82) is 0 Å². The fourth-order valence-corrected chi connectivity index (χ4v) is 3.77. The topological polar surface area (TPSA) is 96.0 Å². The van der Waals surface area contributed by atoms with Crippen LogP contribution < -0.4 is 9.54 Å². The molecule has 8 nitrogen and oxygen atoms in total. The molecule has 0 aliphatic carbocycles. The molecule has 0 saturated heterocycles. The Balaban J connectivity index is 2.06. The number of thiazole rings is 1. The van der Waals surface area contributed by atoms with Crippen LogP contribution >= 0.6 is 11.3 Å². The van der Waals surface area contributed by atoms with Crippen LogP contribution in [0.25, 0.3) is 10.2 Å². The van der Waals surface area contributed by atoms with Crippen LogP contribution in [0.5, 0.6) is 5.75 Å². The third-order valence-electron chi connectivity index (χ3n) is 4.05. The number of hydrogen-bond donors (Lipinski definition) is 0. The number of ether oxygens (including phenoxy) is 2. The maximum atomic E-state index is 12.6. The molecule has 0 bridgehead atoms. The van der Waals surface area contributed by atoms with Gasteiger partial charge in [0.15, 0.2) is 4.80 Å². The zero-order chi connectivity index (χ0) is 20.1. The highest BCUT2D eigenvalue weighted by Crippen LogP contribution is 2.23. The average Bonchev–Trinajstić information content (AvgIpc) is 3.04. The Labute approximate surface area is 164 Å². The first-order chi connectivity index (χ1) is 13.5. The number of hydrogen-bond acceptors (Lipinski definition) is 6. The molecule has 0 saturated carbocycles. The highest BCUT2D eigenvalue weighted by molar-refractivity contribution is 7.16. The van der Waals surface area contributed by atoms with E-state index >= 15 is 0 Å². The monoisotopic (exact) mass is 401 g/mol. The first-order valence-corrected chi connectivity index (χ1v) is 9.43. The molecule has 146 valence electrons. The second-order valence-corrected chi connectivity index (χ2v) is 6.80. The molecule has 3 rings (SSSR count). The Kier molecular flexibility index (Phi) is 6.17. The fourth-order valence-electron chi connectivity index (χ4n) is 2.69. The molecule has 0 unspecified atom stereocenters. The van der Waals surface area contributed by atoms with Gasteiger partial charge < -0.3 is 14.0 Å². The Morgan fingerprint density at radius 2 is 2.11 bits per heavy atom. The summed E-state index contributed by atoms with van der Waals surface area (Å²) in [5, 5.41) is 10.9. The summed E-state index contributed by atoms with van der Waals surface area (Å²) in [5.74, 6) is 0.176. The van der Waals surface area contributed by atoms with Gasteiger partial charge in [-0.05, 0) is 31.2 Å². The minimum atomic E-state index is -0.537. The highest BCUT2D eigenvalue weighted by atomic mass is 32.1. The van der Waals surface area contributed by atoms with Gasteiger partial charge in [-0.15, -0.1) is 0 Å². The quantitative estimate of drug-likeness (QED) is 0.343. The number of nitrogens with zero attached hydrogens (tertiary/aromatic N) is 3. The Morgan fingerprint density at radius 3 is 2.82 bits per heavy atom. The lowest BCUT2D eigenvalue weighted by molar-refractivity contribution is -0.384. The minimum Gasteiger partial charge on any atom is -0.497 e. The lowest BCUT2D eigenvalue weighted by Gasteiger charge is -2.06. The largest absolute Gasteiger partial charge is 0.497 e. The van der Waals surface area contributed by atoms with Crippen LogP contribution in [0.3, 0.4) is 0 Å². The molecule has 0 radical (unpaired) electrons. The second kappa shape index (κ2) is 8.77. The number of rotatable bonds is 7. The van der Waals surface area contributed by atoms with Crippen molar-refractivity contribution in [3.63, 3.8) is 0 Å². The van der Waals surface area contributed by atoms with Gasteiger partial charge in [0.25, 0.3) is 11.6 Å². The van der Waals surface area contributed by atoms with Crippen LogP contribution in [-0.2, 0) is 11.3 Å². The van der Waals surface area contributed by atoms with E-state index in [1.165, 1.54) is 35.6 Å². The molecule has 0 aliphatic heterocycles. The fraction of sp³-hybridized carbons (Fsp3) is 0.263. The number of non-ortho nitro benzene ring substituents is 1. The van der Waals surface area contributed by atoms with Crippen LogP contribution in [0, 0.1) is 10.1 Å². The summed E-state index contributed by atoms with van der Waals surface area (Å²) in [5.41, 5.74) is 0.933. The predicted molar refractivity (Wildman–Crippen MR) is 106 cm³/mol. The number of methoxy groups -OCH3 is 1. The van der Waals surface area contributed by atoms with Gasteiger partial charge >= 0.3 is 0 Å². The molecule has 28 heavy (non-hydrogen) atoms. The zero-order valence-corrected chi connectivity index (χ0v) is 16.3. The van der Waals surface area contributed by atoms with Gasteiger partial charge in [0.1, 0.15) is 5.75 Å². The molecule has 1 heterocycles. The summed E-state index contributed by atoms with van der Waals surface area (Å²) in [6.07, 6.45) is 0. The van der Waals surface area contributed by atoms with E-state index in [2.05, 4.69) is 4.99 Å². The van der Waals surface area contributed by atoms with E-state index in [1.807, 2.05) is 29.7 Å². The first kappa shape index (κ1) is 19.7. The van der Waals surface area contributed by atoms with Crippen LogP contribution in [0.1, 0.15) is 17.3 Å². The SMILES string of the molecule is CCOCCn1c(=NC(=O)c2cccc([N+](=O)[O-])c2)sc2cc(OC)ccc21. The molecule has 0 spiro atoms. The van der Waals surface area contributed by atoms with Crippen LogP contribution in [0.15, 0.2) is 47.5 Å². The number of fused-ring (bicyclic) bond motifs is 1. The molecular weight excluding hydrogens is 382 g/mol. The summed E-state index contributed by atoms with van der Waals surface area (Å²) in [4.78, 5) is 27.8. The number of benzene rings is 2. The van der Waals surface area contributed by atoms with Crippen molar-refractivity contribution in [2.75, 3.05) is 20.3 Å². The minimum absolute atomic E-state index is 0.147. The molecule has 0 N–H and O–H groups in total. The number of nitro groups is 1. The Hall–Kier alpha value is -3.04. The van der Waals surface area contributed by atoms with Gasteiger partial charge in [-0.1, -0.05) is 17.4 Å². The van der Waals surface area contributed by atoms with Gasteiger partial charge in [-0.25, -0.2) is 0 Å². The zero-order valence-electron chi connectivity index (χ0n) is 15.5. The van der Waals surface area contributed by atoms with E-state index in [1.54, 1.807) is 7.11 Å². The van der Waals surface area contributed by atoms with Crippen molar-refractivity contribution in [2.24, 2.45) is 4.99 Å². The number of nitro benzene ring substituents is 1. The number of aromatic nitrogens is 1. The van der Waals surface area contributed by atoms with E-state index in [4.69, 9.17) is 9.47 Å². The molecular formula is C19H19N3O5S. The van der Waals surface area contributed by atoms with Crippen LogP contribution in [0.4, 0.5) is 5.69 Å². The van der Waals surface area contributed by atoms with E-state index < -0.39 is 10.8 Å². The molecule has 1 aromatic heterocycles.